The van der Waals surface area contributed by atoms with Crippen LogP contribution in [-0.4, -0.2) is 28.8 Å². The maximum absolute atomic E-state index is 11.6. The van der Waals surface area contributed by atoms with Gasteiger partial charge in [0.15, 0.2) is 0 Å². The lowest BCUT2D eigenvalue weighted by molar-refractivity contribution is 0.229. The Labute approximate surface area is 129 Å². The fraction of sp³-hybridized carbons (Fsp3) is 0.250. The first kappa shape index (κ1) is 15.8. The van der Waals surface area contributed by atoms with Gasteiger partial charge in [-0.05, 0) is 32.0 Å². The van der Waals surface area contributed by atoms with E-state index in [-0.39, 0.29) is 12.6 Å². The molecule has 3 N–H and O–H groups in total. The van der Waals surface area contributed by atoms with Crippen LogP contribution in [0.15, 0.2) is 42.6 Å². The lowest BCUT2D eigenvalue weighted by atomic mass is 10.2. The standard InChI is InChI=1S/C16H19N3O3/c1-11-3-6-14(7-4-11)22-15-8-5-13(9-17-15)19-16(21)18-12(2)10-20/h3-9,12,20H,10H2,1-2H3,(H2,18,19,21)/t12-/m0/s1. The molecule has 0 saturated carbocycles. The predicted octanol–water partition coefficient (Wildman–Crippen LogP) is 2.68. The molecule has 0 saturated heterocycles. The number of nitrogens with one attached hydrogen (secondary N) is 2. The SMILES string of the molecule is Cc1ccc(Oc2ccc(NC(=O)N[C@@H](C)CO)cn2)cc1. The number of aryl methyl sites for hydroxylation is 1. The van der Waals surface area contributed by atoms with Crippen LogP contribution in [0.1, 0.15) is 12.5 Å². The zero-order chi connectivity index (χ0) is 15.9. The van der Waals surface area contributed by atoms with Gasteiger partial charge in [0.25, 0.3) is 0 Å². The van der Waals surface area contributed by atoms with Gasteiger partial charge in [-0.1, -0.05) is 17.7 Å². The summed E-state index contributed by atoms with van der Waals surface area (Å²) < 4.78 is 5.60. The highest BCUT2D eigenvalue weighted by atomic mass is 16.5. The minimum Gasteiger partial charge on any atom is -0.439 e. The molecule has 1 aromatic heterocycles. The maximum atomic E-state index is 11.6. The van der Waals surface area contributed by atoms with Gasteiger partial charge >= 0.3 is 6.03 Å². The van der Waals surface area contributed by atoms with Crippen LogP contribution in [0.25, 0.3) is 0 Å². The first-order valence-electron chi connectivity index (χ1n) is 6.96. The summed E-state index contributed by atoms with van der Waals surface area (Å²) >= 11 is 0. The Kier molecular flexibility index (Phi) is 5.32. The van der Waals surface area contributed by atoms with Crippen LogP contribution in [0.4, 0.5) is 10.5 Å². The van der Waals surface area contributed by atoms with E-state index in [1.807, 2.05) is 31.2 Å². The van der Waals surface area contributed by atoms with E-state index in [4.69, 9.17) is 9.84 Å². The third kappa shape index (κ3) is 4.75. The van der Waals surface area contributed by atoms with Gasteiger partial charge in [0.2, 0.25) is 5.88 Å². The number of aliphatic hydroxyl groups is 1. The first-order chi connectivity index (χ1) is 10.6. The molecule has 0 radical (unpaired) electrons. The number of urea groups is 1. The van der Waals surface area contributed by atoms with E-state index in [2.05, 4.69) is 15.6 Å². The van der Waals surface area contributed by atoms with Gasteiger partial charge in [-0.2, -0.15) is 0 Å². The molecule has 2 amide bonds. The van der Waals surface area contributed by atoms with Crippen molar-refractivity contribution in [3.8, 4) is 11.6 Å². The predicted molar refractivity (Wildman–Crippen MR) is 84.2 cm³/mol. The minimum atomic E-state index is -0.393. The summed E-state index contributed by atoms with van der Waals surface area (Å²) in [6.45, 7) is 3.59. The molecule has 1 aromatic carbocycles. The number of carbonyl (C=O) groups excluding carboxylic acids is 1. The second-order valence-corrected chi connectivity index (χ2v) is 4.98. The van der Waals surface area contributed by atoms with Crippen LogP contribution < -0.4 is 15.4 Å². The molecule has 0 aliphatic rings. The molecule has 0 aliphatic carbocycles. The number of hydrogen-bond donors (Lipinski definition) is 3. The van der Waals surface area contributed by atoms with Crippen LogP contribution in [-0.2, 0) is 0 Å². The number of rotatable bonds is 5. The van der Waals surface area contributed by atoms with Crippen molar-refractivity contribution in [3.05, 3.63) is 48.2 Å². The van der Waals surface area contributed by atoms with E-state index in [1.54, 1.807) is 19.1 Å². The fourth-order valence-electron chi connectivity index (χ4n) is 1.68. The average Bonchev–Trinajstić information content (AvgIpc) is 2.51. The highest BCUT2D eigenvalue weighted by molar-refractivity contribution is 5.89. The molecule has 116 valence electrons. The molecule has 0 unspecified atom stereocenters. The van der Waals surface area contributed by atoms with E-state index in [0.717, 1.165) is 5.56 Å². The molecule has 1 heterocycles. The Balaban J connectivity index is 1.92. The van der Waals surface area contributed by atoms with E-state index < -0.39 is 6.03 Å². The van der Waals surface area contributed by atoms with Crippen molar-refractivity contribution in [1.82, 2.24) is 10.3 Å². The number of nitrogens with zero attached hydrogens (tertiary/aromatic N) is 1. The van der Waals surface area contributed by atoms with Gasteiger partial charge < -0.3 is 20.5 Å². The molecule has 0 aliphatic heterocycles. The van der Waals surface area contributed by atoms with Crippen molar-refractivity contribution in [2.24, 2.45) is 0 Å². The zero-order valence-corrected chi connectivity index (χ0v) is 12.5. The maximum Gasteiger partial charge on any atom is 0.319 e. The summed E-state index contributed by atoms with van der Waals surface area (Å²) in [6, 6.07) is 10.3. The van der Waals surface area contributed by atoms with Crippen LogP contribution >= 0.6 is 0 Å². The van der Waals surface area contributed by atoms with Gasteiger partial charge in [0.05, 0.1) is 24.5 Å². The molecule has 2 aromatic rings. The Morgan fingerprint density at radius 3 is 2.59 bits per heavy atom. The lowest BCUT2D eigenvalue weighted by Gasteiger charge is -2.12. The van der Waals surface area contributed by atoms with E-state index in [1.165, 1.54) is 6.20 Å². The molecule has 6 heteroatoms. The first-order valence-corrected chi connectivity index (χ1v) is 6.96. The normalized spacial score (nSPS) is 11.6. The molecule has 0 fully saturated rings. The summed E-state index contributed by atoms with van der Waals surface area (Å²) in [5.41, 5.74) is 1.70. The van der Waals surface area contributed by atoms with Crippen molar-refractivity contribution in [2.75, 3.05) is 11.9 Å². The number of pyridine rings is 1. The summed E-state index contributed by atoms with van der Waals surface area (Å²) in [6.07, 6.45) is 1.51. The third-order valence-corrected chi connectivity index (χ3v) is 2.89. The Morgan fingerprint density at radius 2 is 2.00 bits per heavy atom. The molecule has 2 rings (SSSR count). The topological polar surface area (TPSA) is 83.5 Å². The van der Waals surface area contributed by atoms with Crippen LogP contribution in [0.2, 0.25) is 0 Å². The molecule has 22 heavy (non-hydrogen) atoms. The van der Waals surface area contributed by atoms with Crippen molar-refractivity contribution < 1.29 is 14.6 Å². The van der Waals surface area contributed by atoms with E-state index in [0.29, 0.717) is 17.3 Å². The van der Waals surface area contributed by atoms with E-state index in [9.17, 15) is 4.79 Å². The summed E-state index contributed by atoms with van der Waals surface area (Å²) in [4.78, 5) is 15.7. The van der Waals surface area contributed by atoms with Gasteiger partial charge in [-0.3, -0.25) is 0 Å². The summed E-state index contributed by atoms with van der Waals surface area (Å²) in [5.74, 6) is 1.15. The quantitative estimate of drug-likeness (QED) is 0.793. The third-order valence-electron chi connectivity index (χ3n) is 2.89. The van der Waals surface area contributed by atoms with Crippen molar-refractivity contribution >= 4 is 11.7 Å². The number of aliphatic hydroxyl groups excluding tert-OH is 1. The summed E-state index contributed by atoms with van der Waals surface area (Å²) in [7, 11) is 0. The second-order valence-electron chi connectivity index (χ2n) is 4.98. The minimum absolute atomic E-state index is 0.116. The monoisotopic (exact) mass is 301 g/mol. The van der Waals surface area contributed by atoms with Gasteiger partial charge in [-0.15, -0.1) is 0 Å². The number of benzene rings is 1. The number of ether oxygens (including phenoxy) is 1. The average molecular weight is 301 g/mol. The van der Waals surface area contributed by atoms with Crippen molar-refractivity contribution in [2.45, 2.75) is 19.9 Å². The van der Waals surface area contributed by atoms with Gasteiger partial charge in [0.1, 0.15) is 5.75 Å². The smallest absolute Gasteiger partial charge is 0.319 e. The molecule has 0 bridgehead atoms. The number of amides is 2. The highest BCUT2D eigenvalue weighted by Gasteiger charge is 2.06. The van der Waals surface area contributed by atoms with Gasteiger partial charge in [-0.25, -0.2) is 9.78 Å². The largest absolute Gasteiger partial charge is 0.439 e. The molecule has 1 atom stereocenters. The van der Waals surface area contributed by atoms with E-state index >= 15 is 0 Å². The van der Waals surface area contributed by atoms with Crippen LogP contribution in [0.5, 0.6) is 11.6 Å². The van der Waals surface area contributed by atoms with Gasteiger partial charge in [0, 0.05) is 6.07 Å². The Bertz CT molecular complexity index is 612. The molecular formula is C16H19N3O3. The second kappa shape index (κ2) is 7.42. The number of hydrogen-bond acceptors (Lipinski definition) is 4. The summed E-state index contributed by atoms with van der Waals surface area (Å²) in [5, 5.41) is 14.1. The number of aromatic nitrogens is 1. The van der Waals surface area contributed by atoms with Crippen LogP contribution in [0.3, 0.4) is 0 Å². The number of anilines is 1. The lowest BCUT2D eigenvalue weighted by Crippen LogP contribution is -2.38. The zero-order valence-electron chi connectivity index (χ0n) is 12.5. The molecular weight excluding hydrogens is 282 g/mol. The van der Waals surface area contributed by atoms with Crippen LogP contribution in [0, 0.1) is 6.92 Å². The highest BCUT2D eigenvalue weighted by Crippen LogP contribution is 2.20. The number of carbonyl (C=O) groups is 1. The van der Waals surface area contributed by atoms with Crippen molar-refractivity contribution in [1.29, 1.82) is 0 Å². The Morgan fingerprint density at radius 1 is 1.27 bits per heavy atom. The fourth-order valence-corrected chi connectivity index (χ4v) is 1.68. The molecule has 0 spiro atoms. The van der Waals surface area contributed by atoms with Crippen molar-refractivity contribution in [3.63, 3.8) is 0 Å². The molecule has 6 nitrogen and oxygen atoms in total. The Hall–Kier alpha value is -2.60.